The molecule has 7 heteroatoms. The highest BCUT2D eigenvalue weighted by Gasteiger charge is 2.10. The van der Waals surface area contributed by atoms with Gasteiger partial charge in [0.2, 0.25) is 5.91 Å². The second-order valence-corrected chi connectivity index (χ2v) is 7.45. The molecule has 0 aliphatic carbocycles. The minimum atomic E-state index is -0.183. The van der Waals surface area contributed by atoms with E-state index in [9.17, 15) is 9.59 Å². The van der Waals surface area contributed by atoms with Crippen molar-refractivity contribution in [3.63, 3.8) is 0 Å². The van der Waals surface area contributed by atoms with Crippen LogP contribution in [-0.2, 0) is 11.8 Å². The fourth-order valence-corrected chi connectivity index (χ4v) is 3.32. The van der Waals surface area contributed by atoms with Crippen molar-refractivity contribution in [3.8, 4) is 0 Å². The highest BCUT2D eigenvalue weighted by atomic mass is 32.2. The predicted molar refractivity (Wildman–Crippen MR) is 113 cm³/mol. The largest absolute Gasteiger partial charge is 0.329 e. The number of nitrogens with zero attached hydrogens (tertiary/aromatic N) is 2. The van der Waals surface area contributed by atoms with Gasteiger partial charge in [-0.15, -0.1) is 0 Å². The summed E-state index contributed by atoms with van der Waals surface area (Å²) in [7, 11) is 1.88. The smallest absolute Gasteiger partial charge is 0.255 e. The van der Waals surface area contributed by atoms with Crippen molar-refractivity contribution in [1.29, 1.82) is 0 Å². The molecule has 0 radical (unpaired) electrons. The molecule has 6 nitrogen and oxygen atoms in total. The molecule has 1 aromatic heterocycles. The number of carbonyl (C=O) groups excluding carboxylic acids is 2. The Bertz CT molecular complexity index is 996. The van der Waals surface area contributed by atoms with E-state index in [1.165, 1.54) is 11.8 Å². The number of nitrogens with one attached hydrogen (secondary N) is 2. The van der Waals surface area contributed by atoms with Gasteiger partial charge in [0.05, 0.1) is 5.75 Å². The van der Waals surface area contributed by atoms with E-state index in [-0.39, 0.29) is 17.6 Å². The molecule has 0 fully saturated rings. The van der Waals surface area contributed by atoms with Gasteiger partial charge in [0, 0.05) is 36.4 Å². The molecule has 0 atom stereocenters. The number of rotatable bonds is 6. The van der Waals surface area contributed by atoms with Crippen molar-refractivity contribution in [2.24, 2.45) is 7.05 Å². The van der Waals surface area contributed by atoms with Crippen molar-refractivity contribution in [2.45, 2.75) is 19.0 Å². The van der Waals surface area contributed by atoms with E-state index in [0.717, 1.165) is 22.0 Å². The Hall–Kier alpha value is -3.06. The Labute approximate surface area is 168 Å². The molecular formula is C21H22N4O2S. The van der Waals surface area contributed by atoms with Gasteiger partial charge in [0.1, 0.15) is 0 Å². The maximum absolute atomic E-state index is 12.5. The molecule has 0 aliphatic rings. The number of amides is 2. The first-order valence-electron chi connectivity index (χ1n) is 8.81. The van der Waals surface area contributed by atoms with Gasteiger partial charge in [-0.2, -0.15) is 0 Å². The SMILES string of the molecule is Cc1ccc(C)c(NC(=O)c2ccc(NC(=O)CSc3nccn3C)cc2)c1. The zero-order valence-electron chi connectivity index (χ0n) is 16.0. The van der Waals surface area contributed by atoms with Crippen LogP contribution < -0.4 is 10.6 Å². The number of hydrogen-bond donors (Lipinski definition) is 2. The summed E-state index contributed by atoms with van der Waals surface area (Å²) in [5.74, 6) is -0.0443. The van der Waals surface area contributed by atoms with Crippen LogP contribution in [0.1, 0.15) is 21.5 Å². The van der Waals surface area contributed by atoms with Crippen molar-refractivity contribution < 1.29 is 9.59 Å². The number of aryl methyl sites for hydroxylation is 3. The highest BCUT2D eigenvalue weighted by molar-refractivity contribution is 7.99. The predicted octanol–water partition coefficient (Wildman–Crippen LogP) is 4.02. The lowest BCUT2D eigenvalue weighted by atomic mass is 10.1. The standard InChI is InChI=1S/C21H22N4O2S/c1-14-4-5-15(2)18(12-14)24-20(27)16-6-8-17(9-7-16)23-19(26)13-28-21-22-10-11-25(21)3/h4-12H,13H2,1-3H3,(H,23,26)(H,24,27). The van der Waals surface area contributed by atoms with Gasteiger partial charge in [-0.05, 0) is 55.3 Å². The van der Waals surface area contributed by atoms with Gasteiger partial charge in [-0.1, -0.05) is 23.9 Å². The maximum atomic E-state index is 12.5. The molecule has 3 rings (SSSR count). The van der Waals surface area contributed by atoms with E-state index in [0.29, 0.717) is 11.3 Å². The Morgan fingerprint density at radius 2 is 1.82 bits per heavy atom. The third kappa shape index (κ3) is 5.01. The third-order valence-corrected chi connectivity index (χ3v) is 5.24. The van der Waals surface area contributed by atoms with Crippen molar-refractivity contribution >= 4 is 35.0 Å². The number of anilines is 2. The molecule has 0 bridgehead atoms. The summed E-state index contributed by atoms with van der Waals surface area (Å²) in [5.41, 5.74) is 4.07. The van der Waals surface area contributed by atoms with Gasteiger partial charge in [-0.25, -0.2) is 4.98 Å². The Balaban J connectivity index is 1.56. The van der Waals surface area contributed by atoms with Crippen LogP contribution in [-0.4, -0.2) is 27.1 Å². The van der Waals surface area contributed by atoms with Crippen LogP contribution in [0, 0.1) is 13.8 Å². The fraction of sp³-hybridized carbons (Fsp3) is 0.190. The van der Waals surface area contributed by atoms with Crippen LogP contribution in [0.4, 0.5) is 11.4 Å². The third-order valence-electron chi connectivity index (χ3n) is 4.18. The molecule has 2 N–H and O–H groups in total. The summed E-state index contributed by atoms with van der Waals surface area (Å²) >= 11 is 1.37. The van der Waals surface area contributed by atoms with Gasteiger partial charge in [0.25, 0.3) is 5.91 Å². The molecular weight excluding hydrogens is 372 g/mol. The van der Waals surface area contributed by atoms with Crippen LogP contribution >= 0.6 is 11.8 Å². The summed E-state index contributed by atoms with van der Waals surface area (Å²) in [6.45, 7) is 3.94. The van der Waals surface area contributed by atoms with Crippen LogP contribution in [0.5, 0.6) is 0 Å². The minimum Gasteiger partial charge on any atom is -0.329 e. The number of aromatic nitrogens is 2. The van der Waals surface area contributed by atoms with Crippen molar-refractivity contribution in [2.75, 3.05) is 16.4 Å². The summed E-state index contributed by atoms with van der Waals surface area (Å²) in [5, 5.41) is 6.54. The summed E-state index contributed by atoms with van der Waals surface area (Å²) < 4.78 is 1.86. The topological polar surface area (TPSA) is 76.0 Å². The van der Waals surface area contributed by atoms with Crippen LogP contribution in [0.25, 0.3) is 0 Å². The van der Waals surface area contributed by atoms with Gasteiger partial charge in [0.15, 0.2) is 5.16 Å². The number of carbonyl (C=O) groups is 2. The first-order chi connectivity index (χ1) is 13.4. The molecule has 0 aliphatic heterocycles. The average Bonchev–Trinajstić information content (AvgIpc) is 3.08. The van der Waals surface area contributed by atoms with Gasteiger partial charge in [-0.3, -0.25) is 9.59 Å². The van der Waals surface area contributed by atoms with E-state index in [2.05, 4.69) is 15.6 Å². The van der Waals surface area contributed by atoms with E-state index < -0.39 is 0 Å². The Morgan fingerprint density at radius 3 is 2.50 bits per heavy atom. The fourth-order valence-electron chi connectivity index (χ4n) is 2.59. The summed E-state index contributed by atoms with van der Waals surface area (Å²) in [6.07, 6.45) is 3.53. The number of hydrogen-bond acceptors (Lipinski definition) is 4. The zero-order chi connectivity index (χ0) is 20.1. The number of imidazole rings is 1. The molecule has 1 heterocycles. The van der Waals surface area contributed by atoms with Crippen LogP contribution in [0.15, 0.2) is 60.0 Å². The van der Waals surface area contributed by atoms with Crippen molar-refractivity contribution in [1.82, 2.24) is 9.55 Å². The first-order valence-corrected chi connectivity index (χ1v) is 9.79. The molecule has 0 saturated carbocycles. The Morgan fingerprint density at radius 1 is 1.07 bits per heavy atom. The molecule has 144 valence electrons. The second kappa shape index (κ2) is 8.75. The molecule has 2 amide bonds. The number of benzene rings is 2. The molecule has 0 spiro atoms. The second-order valence-electron chi connectivity index (χ2n) is 6.51. The Kier molecular flexibility index (Phi) is 6.16. The normalized spacial score (nSPS) is 10.5. The monoisotopic (exact) mass is 394 g/mol. The first kappa shape index (κ1) is 19.7. The quantitative estimate of drug-likeness (QED) is 0.619. The maximum Gasteiger partial charge on any atom is 0.255 e. The minimum absolute atomic E-state index is 0.124. The van der Waals surface area contributed by atoms with Gasteiger partial charge >= 0.3 is 0 Å². The van der Waals surface area contributed by atoms with Gasteiger partial charge < -0.3 is 15.2 Å². The van der Waals surface area contributed by atoms with E-state index in [1.54, 1.807) is 30.5 Å². The average molecular weight is 395 g/mol. The lowest BCUT2D eigenvalue weighted by Crippen LogP contribution is -2.15. The zero-order valence-corrected chi connectivity index (χ0v) is 16.8. The lowest BCUT2D eigenvalue weighted by molar-refractivity contribution is -0.113. The molecule has 3 aromatic rings. The lowest BCUT2D eigenvalue weighted by Gasteiger charge is -2.10. The van der Waals surface area contributed by atoms with E-state index >= 15 is 0 Å². The van der Waals surface area contributed by atoms with E-state index in [4.69, 9.17) is 0 Å². The molecule has 28 heavy (non-hydrogen) atoms. The van der Waals surface area contributed by atoms with Crippen LogP contribution in [0.2, 0.25) is 0 Å². The molecule has 0 unspecified atom stereocenters. The van der Waals surface area contributed by atoms with E-state index in [1.807, 2.05) is 49.9 Å². The highest BCUT2D eigenvalue weighted by Crippen LogP contribution is 2.19. The number of thioether (sulfide) groups is 1. The van der Waals surface area contributed by atoms with Crippen LogP contribution in [0.3, 0.4) is 0 Å². The summed E-state index contributed by atoms with van der Waals surface area (Å²) in [6, 6.07) is 12.8. The van der Waals surface area contributed by atoms with Crippen molar-refractivity contribution in [3.05, 3.63) is 71.5 Å². The molecule has 0 saturated heterocycles. The molecule has 2 aromatic carbocycles. The summed E-state index contributed by atoms with van der Waals surface area (Å²) in [4.78, 5) is 28.7.